The summed E-state index contributed by atoms with van der Waals surface area (Å²) in [5.74, 6) is 0. The molecule has 3 rings (SSSR count). The van der Waals surface area contributed by atoms with Gasteiger partial charge in [0.1, 0.15) is 0 Å². The summed E-state index contributed by atoms with van der Waals surface area (Å²) >= 11 is 2.37. The Hall–Kier alpha value is -0.910. The van der Waals surface area contributed by atoms with Crippen LogP contribution in [-0.4, -0.2) is 12.6 Å². The molecule has 21 heavy (non-hydrogen) atoms. The quantitative estimate of drug-likeness (QED) is 0.772. The van der Waals surface area contributed by atoms with Crippen molar-refractivity contribution in [2.24, 2.45) is 0 Å². The molecule has 0 aliphatic carbocycles. The van der Waals surface area contributed by atoms with Crippen LogP contribution in [0.1, 0.15) is 30.0 Å². The minimum Gasteiger partial charge on any atom is -0.309 e. The predicted octanol–water partition coefficient (Wildman–Crippen LogP) is 3.87. The van der Waals surface area contributed by atoms with E-state index in [4.69, 9.17) is 0 Å². The molecule has 2 aromatic carbocycles. The summed E-state index contributed by atoms with van der Waals surface area (Å²) in [4.78, 5) is 0. The Morgan fingerprint density at radius 3 is 2.76 bits per heavy atom. The molecule has 0 spiro atoms. The van der Waals surface area contributed by atoms with Crippen LogP contribution in [0.5, 0.6) is 0 Å². The van der Waals surface area contributed by atoms with Crippen molar-refractivity contribution in [3.05, 3.63) is 69.3 Å². The first-order valence-electron chi connectivity index (χ1n) is 7.59. The lowest BCUT2D eigenvalue weighted by Crippen LogP contribution is -2.45. The van der Waals surface area contributed by atoms with E-state index >= 15 is 0 Å². The molecular weight excluding hydrogens is 371 g/mol. The second kappa shape index (κ2) is 7.38. The average molecular weight is 392 g/mol. The topological polar surface area (TPSA) is 24.1 Å². The van der Waals surface area contributed by atoms with E-state index in [9.17, 15) is 0 Å². The Kier molecular flexibility index (Phi) is 5.27. The Bertz CT molecular complexity index is 570. The molecule has 2 nitrogen and oxygen atoms in total. The Labute approximate surface area is 140 Å². The minimum absolute atomic E-state index is 0.419. The molecule has 110 valence electrons. The predicted molar refractivity (Wildman–Crippen MR) is 96.2 cm³/mol. The fourth-order valence-electron chi connectivity index (χ4n) is 3.01. The maximum Gasteiger partial charge on any atom is 0.0476 e. The van der Waals surface area contributed by atoms with Gasteiger partial charge in [-0.05, 0) is 65.2 Å². The van der Waals surface area contributed by atoms with Crippen molar-refractivity contribution in [1.29, 1.82) is 0 Å². The van der Waals surface area contributed by atoms with Crippen molar-refractivity contribution >= 4 is 22.6 Å². The summed E-state index contributed by atoms with van der Waals surface area (Å²) in [6.07, 6.45) is 2.48. The fraction of sp³-hybridized carbons (Fsp3) is 0.333. The second-order valence-corrected chi connectivity index (χ2v) is 6.85. The first-order chi connectivity index (χ1) is 10.3. The van der Waals surface area contributed by atoms with Crippen LogP contribution in [0.3, 0.4) is 0 Å². The van der Waals surface area contributed by atoms with Crippen LogP contribution >= 0.6 is 22.6 Å². The zero-order valence-electron chi connectivity index (χ0n) is 12.1. The Morgan fingerprint density at radius 1 is 1.10 bits per heavy atom. The summed E-state index contributed by atoms with van der Waals surface area (Å²) < 4.78 is 1.30. The van der Waals surface area contributed by atoms with Gasteiger partial charge in [0.15, 0.2) is 0 Å². The summed E-state index contributed by atoms with van der Waals surface area (Å²) in [5.41, 5.74) is 2.75. The van der Waals surface area contributed by atoms with Crippen LogP contribution in [0.4, 0.5) is 0 Å². The molecule has 1 aliphatic heterocycles. The van der Waals surface area contributed by atoms with E-state index in [-0.39, 0.29) is 0 Å². The van der Waals surface area contributed by atoms with Crippen molar-refractivity contribution in [2.45, 2.75) is 31.5 Å². The van der Waals surface area contributed by atoms with Crippen LogP contribution < -0.4 is 10.6 Å². The van der Waals surface area contributed by atoms with Gasteiger partial charge in [-0.2, -0.15) is 0 Å². The molecule has 0 aromatic heterocycles. The highest BCUT2D eigenvalue weighted by molar-refractivity contribution is 14.1. The third-order valence-corrected chi connectivity index (χ3v) is 4.75. The van der Waals surface area contributed by atoms with E-state index in [1.807, 2.05) is 0 Å². The van der Waals surface area contributed by atoms with Gasteiger partial charge in [0.2, 0.25) is 0 Å². The number of hydrogen-bond donors (Lipinski definition) is 2. The molecule has 2 aromatic rings. The third-order valence-electron chi connectivity index (χ3n) is 4.07. The van der Waals surface area contributed by atoms with Crippen LogP contribution in [0, 0.1) is 3.57 Å². The van der Waals surface area contributed by atoms with Gasteiger partial charge in [-0.25, -0.2) is 0 Å². The smallest absolute Gasteiger partial charge is 0.0476 e. The monoisotopic (exact) mass is 392 g/mol. The van der Waals surface area contributed by atoms with E-state index < -0.39 is 0 Å². The molecule has 1 fully saturated rings. The molecule has 0 bridgehead atoms. The molecule has 0 unspecified atom stereocenters. The number of halogens is 1. The summed E-state index contributed by atoms with van der Waals surface area (Å²) in [5, 5.41) is 7.42. The highest BCUT2D eigenvalue weighted by Crippen LogP contribution is 2.23. The van der Waals surface area contributed by atoms with E-state index in [0.29, 0.717) is 12.1 Å². The maximum absolute atomic E-state index is 3.75. The summed E-state index contributed by atoms with van der Waals surface area (Å²) in [6.45, 7) is 2.05. The standard InChI is InChI=1S/C18H21IN2/c19-16-9-4-6-14(12-16)13-21-17-10-5-11-20-18(17)15-7-2-1-3-8-15/h1-4,6-9,12,17-18,20-21H,5,10-11,13H2/t17-,18-/m0/s1. The van der Waals surface area contributed by atoms with E-state index in [2.05, 4.69) is 87.8 Å². The van der Waals surface area contributed by atoms with Crippen LogP contribution in [0.25, 0.3) is 0 Å². The minimum atomic E-state index is 0.419. The zero-order chi connectivity index (χ0) is 14.5. The molecule has 0 amide bonds. The molecule has 0 saturated carbocycles. The van der Waals surface area contributed by atoms with Crippen molar-refractivity contribution in [3.63, 3.8) is 0 Å². The highest BCUT2D eigenvalue weighted by atomic mass is 127. The second-order valence-electron chi connectivity index (χ2n) is 5.60. The van der Waals surface area contributed by atoms with Crippen LogP contribution in [0.15, 0.2) is 54.6 Å². The molecule has 2 N–H and O–H groups in total. The lowest BCUT2D eigenvalue weighted by molar-refractivity contribution is 0.304. The zero-order valence-corrected chi connectivity index (χ0v) is 14.2. The lowest BCUT2D eigenvalue weighted by Gasteiger charge is -2.34. The molecule has 1 heterocycles. The van der Waals surface area contributed by atoms with Gasteiger partial charge in [-0.15, -0.1) is 0 Å². The van der Waals surface area contributed by atoms with Crippen molar-refractivity contribution in [2.75, 3.05) is 6.54 Å². The van der Waals surface area contributed by atoms with Gasteiger partial charge in [-0.3, -0.25) is 0 Å². The van der Waals surface area contributed by atoms with Crippen molar-refractivity contribution < 1.29 is 0 Å². The van der Waals surface area contributed by atoms with Crippen molar-refractivity contribution in [1.82, 2.24) is 10.6 Å². The molecule has 3 heteroatoms. The van der Waals surface area contributed by atoms with Gasteiger partial charge in [0.05, 0.1) is 0 Å². The number of benzene rings is 2. The SMILES string of the molecule is Ic1cccc(CN[C@H]2CCCN[C@H]2c2ccccc2)c1. The van der Waals surface area contributed by atoms with E-state index in [0.717, 1.165) is 13.1 Å². The first kappa shape index (κ1) is 15.0. The maximum atomic E-state index is 3.75. The molecule has 1 saturated heterocycles. The Balaban J connectivity index is 1.67. The normalized spacial score (nSPS) is 22.1. The molecule has 2 atom stereocenters. The van der Waals surface area contributed by atoms with Gasteiger partial charge < -0.3 is 10.6 Å². The number of rotatable bonds is 4. The third kappa shape index (κ3) is 4.05. The van der Waals surface area contributed by atoms with Gasteiger partial charge in [-0.1, -0.05) is 42.5 Å². The van der Waals surface area contributed by atoms with Gasteiger partial charge in [0, 0.05) is 22.2 Å². The number of hydrogen-bond acceptors (Lipinski definition) is 2. The fourth-order valence-corrected chi connectivity index (χ4v) is 3.62. The Morgan fingerprint density at radius 2 is 1.95 bits per heavy atom. The van der Waals surface area contributed by atoms with E-state index in [1.54, 1.807) is 0 Å². The first-order valence-corrected chi connectivity index (χ1v) is 8.67. The molecule has 1 aliphatic rings. The van der Waals surface area contributed by atoms with Crippen molar-refractivity contribution in [3.8, 4) is 0 Å². The average Bonchev–Trinajstić information content (AvgIpc) is 2.54. The summed E-state index contributed by atoms with van der Waals surface area (Å²) in [6, 6.07) is 20.4. The molecular formula is C18H21IN2. The van der Waals surface area contributed by atoms with E-state index in [1.165, 1.54) is 27.5 Å². The van der Waals surface area contributed by atoms with Gasteiger partial charge >= 0.3 is 0 Å². The number of piperidine rings is 1. The molecule has 0 radical (unpaired) electrons. The summed E-state index contributed by atoms with van der Waals surface area (Å²) in [7, 11) is 0. The largest absolute Gasteiger partial charge is 0.309 e. The van der Waals surface area contributed by atoms with Gasteiger partial charge in [0.25, 0.3) is 0 Å². The lowest BCUT2D eigenvalue weighted by atomic mass is 9.92. The number of nitrogens with one attached hydrogen (secondary N) is 2. The van der Waals surface area contributed by atoms with Crippen LogP contribution in [-0.2, 0) is 6.54 Å². The highest BCUT2D eigenvalue weighted by Gasteiger charge is 2.25. The van der Waals surface area contributed by atoms with Crippen LogP contribution in [0.2, 0.25) is 0 Å².